The van der Waals surface area contributed by atoms with Crippen LogP contribution in [-0.4, -0.2) is 22.0 Å². The summed E-state index contributed by atoms with van der Waals surface area (Å²) in [5.74, 6) is -0.128. The summed E-state index contributed by atoms with van der Waals surface area (Å²) >= 11 is 0. The van der Waals surface area contributed by atoms with Gasteiger partial charge in [-0.1, -0.05) is 36.4 Å². The van der Waals surface area contributed by atoms with Crippen molar-refractivity contribution in [3.05, 3.63) is 104 Å². The lowest BCUT2D eigenvalue weighted by Crippen LogP contribution is -2.37. The molecule has 6 heteroatoms. The van der Waals surface area contributed by atoms with E-state index < -0.39 is 11.2 Å². The smallest absolute Gasteiger partial charge is 0.308 e. The summed E-state index contributed by atoms with van der Waals surface area (Å²) in [6.45, 7) is 2.41. The van der Waals surface area contributed by atoms with Crippen LogP contribution >= 0.6 is 0 Å². The second kappa shape index (κ2) is 7.40. The first kappa shape index (κ1) is 19.1. The van der Waals surface area contributed by atoms with Crippen LogP contribution in [0.4, 0.5) is 5.69 Å². The molecule has 1 aliphatic heterocycles. The van der Waals surface area contributed by atoms with Crippen LogP contribution in [0.15, 0.2) is 76.3 Å². The lowest BCUT2D eigenvalue weighted by atomic mass is 9.99. The predicted molar refractivity (Wildman–Crippen MR) is 121 cm³/mol. The Bertz CT molecular complexity index is 1450. The van der Waals surface area contributed by atoms with Gasteiger partial charge in [0.15, 0.2) is 0 Å². The standard InChI is InChI=1S/C25H21N3O3/c1-16-18(23(29)27-15-7-9-17-8-2-5-13-22(17)27)11-6-14-21(16)28-24(30)19-10-3-4-12-20(19)26-25(28)31/h2-6,8,10-14H,7,9,15H2,1H3,(H,26,31). The number of anilines is 1. The molecule has 0 unspecified atom stereocenters. The number of amides is 1. The number of carbonyl (C=O) groups excluding carboxylic acids is 1. The van der Waals surface area contributed by atoms with Crippen molar-refractivity contribution >= 4 is 22.5 Å². The third-order valence-corrected chi connectivity index (χ3v) is 5.94. The van der Waals surface area contributed by atoms with E-state index in [-0.39, 0.29) is 5.91 Å². The zero-order chi connectivity index (χ0) is 21.5. The molecule has 6 nitrogen and oxygen atoms in total. The third-order valence-electron chi connectivity index (χ3n) is 5.94. The van der Waals surface area contributed by atoms with Gasteiger partial charge < -0.3 is 9.88 Å². The summed E-state index contributed by atoms with van der Waals surface area (Å²) in [5, 5.41) is 0.420. The molecule has 1 amide bonds. The van der Waals surface area contributed by atoms with Gasteiger partial charge in [0, 0.05) is 17.8 Å². The number of carbonyl (C=O) groups is 1. The number of rotatable bonds is 2. The van der Waals surface area contributed by atoms with Crippen molar-refractivity contribution in [1.82, 2.24) is 9.55 Å². The number of hydrogen-bond acceptors (Lipinski definition) is 3. The van der Waals surface area contributed by atoms with Gasteiger partial charge in [0.25, 0.3) is 11.5 Å². The topological polar surface area (TPSA) is 75.2 Å². The number of nitrogens with zero attached hydrogens (tertiary/aromatic N) is 2. The quantitative estimate of drug-likeness (QED) is 0.548. The molecule has 4 aromatic rings. The van der Waals surface area contributed by atoms with Gasteiger partial charge in [0.05, 0.1) is 16.6 Å². The maximum Gasteiger partial charge on any atom is 0.333 e. The monoisotopic (exact) mass is 411 g/mol. The average molecular weight is 411 g/mol. The van der Waals surface area contributed by atoms with Crippen molar-refractivity contribution in [2.24, 2.45) is 0 Å². The fourth-order valence-electron chi connectivity index (χ4n) is 4.37. The summed E-state index contributed by atoms with van der Waals surface area (Å²) in [6.07, 6.45) is 1.84. The number of H-pyrrole nitrogens is 1. The Balaban J connectivity index is 1.65. The molecule has 2 heterocycles. The minimum atomic E-state index is -0.528. The van der Waals surface area contributed by atoms with E-state index in [0.717, 1.165) is 28.7 Å². The number of para-hydroxylation sites is 2. The number of nitrogens with one attached hydrogen (secondary N) is 1. The highest BCUT2D eigenvalue weighted by Crippen LogP contribution is 2.29. The summed E-state index contributed by atoms with van der Waals surface area (Å²) < 4.78 is 1.11. The number of aryl methyl sites for hydroxylation is 1. The first-order valence-electron chi connectivity index (χ1n) is 10.3. The van der Waals surface area contributed by atoms with Crippen LogP contribution < -0.4 is 16.1 Å². The molecule has 0 saturated carbocycles. The minimum Gasteiger partial charge on any atom is -0.308 e. The van der Waals surface area contributed by atoms with Crippen LogP contribution in [0.25, 0.3) is 16.6 Å². The molecule has 31 heavy (non-hydrogen) atoms. The Hall–Kier alpha value is -3.93. The van der Waals surface area contributed by atoms with Crippen LogP contribution in [0.1, 0.15) is 27.9 Å². The van der Waals surface area contributed by atoms with Crippen LogP contribution in [-0.2, 0) is 6.42 Å². The average Bonchev–Trinajstić information content (AvgIpc) is 2.79. The van der Waals surface area contributed by atoms with E-state index in [0.29, 0.717) is 34.3 Å². The van der Waals surface area contributed by atoms with Gasteiger partial charge in [-0.15, -0.1) is 0 Å². The van der Waals surface area contributed by atoms with Crippen LogP contribution in [0, 0.1) is 6.92 Å². The Morgan fingerprint density at radius 2 is 1.65 bits per heavy atom. The van der Waals surface area contributed by atoms with Gasteiger partial charge in [0.2, 0.25) is 0 Å². The van der Waals surface area contributed by atoms with Crippen molar-refractivity contribution < 1.29 is 4.79 Å². The fraction of sp³-hybridized carbons (Fsp3) is 0.160. The fourth-order valence-corrected chi connectivity index (χ4v) is 4.37. The molecular weight excluding hydrogens is 390 g/mol. The maximum atomic E-state index is 13.5. The summed E-state index contributed by atoms with van der Waals surface area (Å²) in [5.41, 5.74) is 3.11. The van der Waals surface area contributed by atoms with E-state index in [2.05, 4.69) is 4.98 Å². The molecule has 0 bridgehead atoms. The summed E-state index contributed by atoms with van der Waals surface area (Å²) in [7, 11) is 0. The number of aromatic nitrogens is 2. The minimum absolute atomic E-state index is 0.128. The molecule has 1 N–H and O–H groups in total. The molecule has 0 saturated heterocycles. The molecule has 3 aromatic carbocycles. The number of hydrogen-bond donors (Lipinski definition) is 1. The molecule has 154 valence electrons. The van der Waals surface area contributed by atoms with Gasteiger partial charge in [0.1, 0.15) is 0 Å². The molecule has 1 aliphatic rings. The predicted octanol–water partition coefficient (Wildman–Crippen LogP) is 3.58. The van der Waals surface area contributed by atoms with E-state index in [9.17, 15) is 14.4 Å². The normalized spacial score (nSPS) is 13.3. The Morgan fingerprint density at radius 3 is 2.52 bits per heavy atom. The van der Waals surface area contributed by atoms with Crippen molar-refractivity contribution in [1.29, 1.82) is 0 Å². The largest absolute Gasteiger partial charge is 0.333 e. The highest BCUT2D eigenvalue weighted by Gasteiger charge is 2.25. The van der Waals surface area contributed by atoms with Crippen LogP contribution in [0.5, 0.6) is 0 Å². The maximum absolute atomic E-state index is 13.5. The van der Waals surface area contributed by atoms with E-state index in [1.165, 1.54) is 0 Å². The van der Waals surface area contributed by atoms with Gasteiger partial charge in [-0.2, -0.15) is 0 Å². The molecule has 0 aliphatic carbocycles. The Labute approximate surface area is 178 Å². The van der Waals surface area contributed by atoms with Crippen molar-refractivity contribution in [2.75, 3.05) is 11.4 Å². The SMILES string of the molecule is Cc1c(C(=O)N2CCCc3ccccc32)cccc1-n1c(=O)[nH]c2ccccc2c1=O. The lowest BCUT2D eigenvalue weighted by Gasteiger charge is -2.30. The van der Waals surface area contributed by atoms with E-state index in [1.54, 1.807) is 54.3 Å². The highest BCUT2D eigenvalue weighted by atomic mass is 16.2. The van der Waals surface area contributed by atoms with Crippen molar-refractivity contribution in [2.45, 2.75) is 19.8 Å². The zero-order valence-electron chi connectivity index (χ0n) is 17.1. The first-order chi connectivity index (χ1) is 15.1. The Morgan fingerprint density at radius 1 is 0.903 bits per heavy atom. The summed E-state index contributed by atoms with van der Waals surface area (Å²) in [4.78, 5) is 43.9. The highest BCUT2D eigenvalue weighted by molar-refractivity contribution is 6.08. The molecule has 0 radical (unpaired) electrons. The molecular formula is C25H21N3O3. The second-order valence-electron chi connectivity index (χ2n) is 7.76. The van der Waals surface area contributed by atoms with Crippen LogP contribution in [0.2, 0.25) is 0 Å². The van der Waals surface area contributed by atoms with E-state index >= 15 is 0 Å². The third kappa shape index (κ3) is 3.08. The summed E-state index contributed by atoms with van der Waals surface area (Å²) in [6, 6.07) is 20.0. The van der Waals surface area contributed by atoms with Gasteiger partial charge in [-0.3, -0.25) is 9.59 Å². The zero-order valence-corrected chi connectivity index (χ0v) is 17.1. The molecule has 1 aromatic heterocycles. The van der Waals surface area contributed by atoms with Gasteiger partial charge >= 0.3 is 5.69 Å². The van der Waals surface area contributed by atoms with Crippen molar-refractivity contribution in [3.8, 4) is 5.69 Å². The van der Waals surface area contributed by atoms with Crippen molar-refractivity contribution in [3.63, 3.8) is 0 Å². The number of benzene rings is 3. The van der Waals surface area contributed by atoms with Gasteiger partial charge in [-0.05, 0) is 61.2 Å². The lowest BCUT2D eigenvalue weighted by molar-refractivity contribution is 0.0984. The second-order valence-corrected chi connectivity index (χ2v) is 7.76. The molecule has 0 spiro atoms. The van der Waals surface area contributed by atoms with Gasteiger partial charge in [-0.25, -0.2) is 9.36 Å². The first-order valence-corrected chi connectivity index (χ1v) is 10.3. The number of fused-ring (bicyclic) bond motifs is 2. The van der Waals surface area contributed by atoms with E-state index in [4.69, 9.17) is 0 Å². The molecule has 5 rings (SSSR count). The van der Waals surface area contributed by atoms with E-state index in [1.807, 2.05) is 24.3 Å². The number of aromatic amines is 1. The Kier molecular flexibility index (Phi) is 4.55. The molecule has 0 atom stereocenters. The van der Waals surface area contributed by atoms with Crippen LogP contribution in [0.3, 0.4) is 0 Å². The molecule has 0 fully saturated rings.